The highest BCUT2D eigenvalue weighted by atomic mass is 16.5. The van der Waals surface area contributed by atoms with Gasteiger partial charge in [-0.1, -0.05) is 45.6 Å². The second-order valence-corrected chi connectivity index (χ2v) is 4.85. The Morgan fingerprint density at radius 3 is 2.53 bits per heavy atom. The van der Waals surface area contributed by atoms with Crippen molar-refractivity contribution in [3.63, 3.8) is 0 Å². The van der Waals surface area contributed by atoms with Crippen molar-refractivity contribution in [2.45, 2.75) is 33.1 Å². The van der Waals surface area contributed by atoms with Crippen LogP contribution in [0, 0.1) is 6.92 Å². The Morgan fingerprint density at radius 2 is 2.00 bits per heavy atom. The van der Waals surface area contributed by atoms with Gasteiger partial charge in [-0.15, -0.1) is 0 Å². The minimum Gasteiger partial charge on any atom is -0.489 e. The Hall–Kier alpha value is -1.24. The van der Waals surface area contributed by atoms with E-state index in [-0.39, 0.29) is 5.41 Å². The van der Waals surface area contributed by atoms with Gasteiger partial charge in [-0.3, -0.25) is 0 Å². The summed E-state index contributed by atoms with van der Waals surface area (Å²) in [5, 5.41) is 0. The highest BCUT2D eigenvalue weighted by Crippen LogP contribution is 2.31. The Kier molecular flexibility index (Phi) is 3.57. The van der Waals surface area contributed by atoms with Gasteiger partial charge in [0.1, 0.15) is 12.4 Å². The van der Waals surface area contributed by atoms with Crippen LogP contribution in [0.3, 0.4) is 0 Å². The van der Waals surface area contributed by atoms with Gasteiger partial charge < -0.3 is 4.74 Å². The van der Waals surface area contributed by atoms with Crippen LogP contribution in [0.5, 0.6) is 5.75 Å². The molecule has 0 heterocycles. The van der Waals surface area contributed by atoms with Crippen molar-refractivity contribution in [3.8, 4) is 5.75 Å². The summed E-state index contributed by atoms with van der Waals surface area (Å²) in [5.74, 6) is 0.974. The van der Waals surface area contributed by atoms with Crippen LogP contribution < -0.4 is 4.74 Å². The zero-order valence-electron chi connectivity index (χ0n) is 10.1. The molecule has 0 aromatic heterocycles. The van der Waals surface area contributed by atoms with E-state index in [1.807, 2.05) is 0 Å². The van der Waals surface area contributed by atoms with Gasteiger partial charge in [0.15, 0.2) is 0 Å². The van der Waals surface area contributed by atoms with Crippen LogP contribution in [-0.4, -0.2) is 6.61 Å². The number of benzene rings is 1. The molecular weight excluding hydrogens is 184 g/mol. The third-order valence-corrected chi connectivity index (χ3v) is 2.30. The van der Waals surface area contributed by atoms with E-state index < -0.39 is 0 Å². The average Bonchev–Trinajstić information content (AvgIpc) is 2.12. The zero-order chi connectivity index (χ0) is 11.5. The van der Waals surface area contributed by atoms with Gasteiger partial charge in [-0.05, 0) is 29.5 Å². The van der Waals surface area contributed by atoms with Crippen LogP contribution in [0.15, 0.2) is 30.9 Å². The summed E-state index contributed by atoms with van der Waals surface area (Å²) in [7, 11) is 0. The Balaban J connectivity index is 3.08. The first kappa shape index (κ1) is 11.8. The van der Waals surface area contributed by atoms with Gasteiger partial charge >= 0.3 is 0 Å². The van der Waals surface area contributed by atoms with E-state index in [1.165, 1.54) is 11.1 Å². The fourth-order valence-electron chi connectivity index (χ4n) is 1.52. The molecule has 15 heavy (non-hydrogen) atoms. The lowest BCUT2D eigenvalue weighted by molar-refractivity contribution is 0.351. The molecule has 0 saturated heterocycles. The molecule has 1 heteroatoms. The standard InChI is InChI=1S/C14H20O/c1-6-9-15-13-10-11(2)7-8-12(13)14(3,4)5/h6-8,10H,1,9H2,2-5H3. The van der Waals surface area contributed by atoms with E-state index in [9.17, 15) is 0 Å². The third kappa shape index (κ3) is 3.12. The van der Waals surface area contributed by atoms with E-state index in [1.54, 1.807) is 6.08 Å². The van der Waals surface area contributed by atoms with Crippen LogP contribution in [0.2, 0.25) is 0 Å². The van der Waals surface area contributed by atoms with Crippen molar-refractivity contribution in [1.29, 1.82) is 0 Å². The number of hydrogen-bond donors (Lipinski definition) is 0. The number of hydrogen-bond acceptors (Lipinski definition) is 1. The molecule has 0 unspecified atom stereocenters. The van der Waals surface area contributed by atoms with Crippen molar-refractivity contribution in [3.05, 3.63) is 42.0 Å². The van der Waals surface area contributed by atoms with Crippen molar-refractivity contribution in [2.24, 2.45) is 0 Å². The molecular formula is C14H20O. The molecule has 82 valence electrons. The Labute approximate surface area is 92.8 Å². The molecule has 1 rings (SSSR count). The third-order valence-electron chi connectivity index (χ3n) is 2.30. The predicted molar refractivity (Wildman–Crippen MR) is 65.6 cm³/mol. The molecule has 0 amide bonds. The second kappa shape index (κ2) is 4.52. The molecule has 0 N–H and O–H groups in total. The normalized spacial score (nSPS) is 11.2. The molecule has 1 nitrogen and oxygen atoms in total. The van der Waals surface area contributed by atoms with Crippen molar-refractivity contribution in [1.82, 2.24) is 0 Å². The summed E-state index contributed by atoms with van der Waals surface area (Å²) in [6, 6.07) is 6.36. The van der Waals surface area contributed by atoms with E-state index in [0.29, 0.717) is 6.61 Å². The molecule has 0 radical (unpaired) electrons. The fourth-order valence-corrected chi connectivity index (χ4v) is 1.52. The second-order valence-electron chi connectivity index (χ2n) is 4.85. The molecule has 0 aliphatic carbocycles. The summed E-state index contributed by atoms with van der Waals surface area (Å²) < 4.78 is 5.68. The SMILES string of the molecule is C=CCOc1cc(C)ccc1C(C)(C)C. The van der Waals surface area contributed by atoms with Gasteiger partial charge in [0.25, 0.3) is 0 Å². The summed E-state index contributed by atoms with van der Waals surface area (Å²) in [4.78, 5) is 0. The Morgan fingerprint density at radius 1 is 1.33 bits per heavy atom. The topological polar surface area (TPSA) is 9.23 Å². The molecule has 0 atom stereocenters. The number of rotatable bonds is 3. The summed E-state index contributed by atoms with van der Waals surface area (Å²) >= 11 is 0. The predicted octanol–water partition coefficient (Wildman–Crippen LogP) is 3.86. The van der Waals surface area contributed by atoms with E-state index in [4.69, 9.17) is 4.74 Å². The van der Waals surface area contributed by atoms with Gasteiger partial charge in [-0.2, -0.15) is 0 Å². The number of aryl methyl sites for hydroxylation is 1. The average molecular weight is 204 g/mol. The van der Waals surface area contributed by atoms with E-state index >= 15 is 0 Å². The quantitative estimate of drug-likeness (QED) is 0.679. The molecule has 0 aliphatic heterocycles. The maximum absolute atomic E-state index is 5.68. The minimum atomic E-state index is 0.115. The van der Waals surface area contributed by atoms with Gasteiger partial charge in [0.2, 0.25) is 0 Å². The van der Waals surface area contributed by atoms with E-state index in [0.717, 1.165) is 5.75 Å². The summed E-state index contributed by atoms with van der Waals surface area (Å²) in [5.41, 5.74) is 2.58. The lowest BCUT2D eigenvalue weighted by atomic mass is 9.86. The van der Waals surface area contributed by atoms with Gasteiger partial charge in [0.05, 0.1) is 0 Å². The lowest BCUT2D eigenvalue weighted by Crippen LogP contribution is -2.13. The van der Waals surface area contributed by atoms with Crippen LogP contribution in [0.25, 0.3) is 0 Å². The van der Waals surface area contributed by atoms with Crippen molar-refractivity contribution in [2.75, 3.05) is 6.61 Å². The summed E-state index contributed by atoms with van der Waals surface area (Å²) in [6.07, 6.45) is 1.77. The number of ether oxygens (including phenoxy) is 1. The highest BCUT2D eigenvalue weighted by Gasteiger charge is 2.18. The van der Waals surface area contributed by atoms with Crippen LogP contribution in [-0.2, 0) is 5.41 Å². The maximum Gasteiger partial charge on any atom is 0.123 e. The first-order valence-electron chi connectivity index (χ1n) is 5.30. The fraction of sp³-hybridized carbons (Fsp3) is 0.429. The minimum absolute atomic E-state index is 0.115. The smallest absolute Gasteiger partial charge is 0.123 e. The maximum atomic E-state index is 5.68. The van der Waals surface area contributed by atoms with Crippen molar-refractivity contribution < 1.29 is 4.74 Å². The zero-order valence-corrected chi connectivity index (χ0v) is 10.1. The lowest BCUT2D eigenvalue weighted by Gasteiger charge is -2.22. The molecule has 1 aromatic carbocycles. The molecule has 0 saturated carbocycles. The highest BCUT2D eigenvalue weighted by molar-refractivity contribution is 5.41. The summed E-state index contributed by atoms with van der Waals surface area (Å²) in [6.45, 7) is 12.9. The molecule has 1 aromatic rings. The van der Waals surface area contributed by atoms with Crippen LogP contribution >= 0.6 is 0 Å². The first-order chi connectivity index (χ1) is 6.95. The first-order valence-corrected chi connectivity index (χ1v) is 5.30. The van der Waals surface area contributed by atoms with Crippen LogP contribution in [0.1, 0.15) is 31.9 Å². The van der Waals surface area contributed by atoms with Gasteiger partial charge in [-0.25, -0.2) is 0 Å². The Bertz CT molecular complexity index is 345. The molecule has 0 fully saturated rings. The van der Waals surface area contributed by atoms with Crippen molar-refractivity contribution >= 4 is 0 Å². The monoisotopic (exact) mass is 204 g/mol. The largest absolute Gasteiger partial charge is 0.489 e. The van der Waals surface area contributed by atoms with Crippen LogP contribution in [0.4, 0.5) is 0 Å². The molecule has 0 bridgehead atoms. The van der Waals surface area contributed by atoms with Gasteiger partial charge in [0, 0.05) is 0 Å². The molecule has 0 aliphatic rings. The van der Waals surface area contributed by atoms with E-state index in [2.05, 4.69) is 52.5 Å². The molecule has 0 spiro atoms.